The number of carbonyl (C=O) groups is 2. The van der Waals surface area contributed by atoms with Crippen molar-refractivity contribution >= 4 is 17.5 Å². The summed E-state index contributed by atoms with van der Waals surface area (Å²) in [5, 5.41) is 2.84. The first-order valence-corrected chi connectivity index (χ1v) is 8.24. The normalized spacial score (nSPS) is 10.1. The summed E-state index contributed by atoms with van der Waals surface area (Å²) >= 11 is 0. The molecule has 0 spiro atoms. The summed E-state index contributed by atoms with van der Waals surface area (Å²) in [5.41, 5.74) is 12.9. The topological polar surface area (TPSA) is 126 Å². The van der Waals surface area contributed by atoms with E-state index in [4.69, 9.17) is 25.7 Å². The molecule has 0 atom stereocenters. The zero-order chi connectivity index (χ0) is 19.8. The fourth-order valence-corrected chi connectivity index (χ4v) is 2.40. The first-order valence-electron chi connectivity index (χ1n) is 8.24. The summed E-state index contributed by atoms with van der Waals surface area (Å²) in [6.07, 6.45) is 0.667. The Kier molecular flexibility index (Phi) is 6.87. The van der Waals surface area contributed by atoms with E-state index < -0.39 is 5.91 Å². The van der Waals surface area contributed by atoms with Crippen LogP contribution in [0.15, 0.2) is 36.4 Å². The average Bonchev–Trinajstić information content (AvgIpc) is 2.66. The second-order valence-corrected chi connectivity index (χ2v) is 5.71. The molecule has 0 aliphatic rings. The molecule has 0 saturated carbocycles. The van der Waals surface area contributed by atoms with Gasteiger partial charge >= 0.3 is 0 Å². The molecule has 0 aromatic heterocycles. The molecule has 0 unspecified atom stereocenters. The molecule has 0 radical (unpaired) electrons. The maximum Gasteiger partial charge on any atom is 0.255 e. The highest BCUT2D eigenvalue weighted by atomic mass is 16.5. The van der Waals surface area contributed by atoms with Crippen LogP contribution in [0.25, 0.3) is 0 Å². The van der Waals surface area contributed by atoms with Crippen molar-refractivity contribution in [2.24, 2.45) is 5.73 Å². The van der Waals surface area contributed by atoms with E-state index in [1.807, 2.05) is 24.3 Å². The predicted molar refractivity (Wildman–Crippen MR) is 101 cm³/mol. The second kappa shape index (κ2) is 9.33. The van der Waals surface area contributed by atoms with E-state index in [-0.39, 0.29) is 29.8 Å². The highest BCUT2D eigenvalue weighted by Crippen LogP contribution is 2.38. The van der Waals surface area contributed by atoms with Gasteiger partial charge in [-0.15, -0.1) is 0 Å². The van der Waals surface area contributed by atoms with Crippen molar-refractivity contribution in [1.29, 1.82) is 0 Å². The molecule has 2 rings (SSSR count). The molecule has 144 valence electrons. The Morgan fingerprint density at radius 1 is 1.04 bits per heavy atom. The van der Waals surface area contributed by atoms with Gasteiger partial charge in [0, 0.05) is 17.8 Å². The molecule has 0 saturated heterocycles. The number of rotatable bonds is 9. The number of benzene rings is 2. The van der Waals surface area contributed by atoms with E-state index in [1.165, 1.54) is 26.4 Å². The van der Waals surface area contributed by atoms with Crippen molar-refractivity contribution in [3.8, 4) is 17.2 Å². The summed E-state index contributed by atoms with van der Waals surface area (Å²) in [5.74, 6) is -0.192. The molecule has 0 fully saturated rings. The van der Waals surface area contributed by atoms with Gasteiger partial charge in [-0.05, 0) is 36.2 Å². The minimum Gasteiger partial charge on any atom is -0.493 e. The quantitative estimate of drug-likeness (QED) is 0.566. The molecular weight excluding hydrogens is 350 g/mol. The van der Waals surface area contributed by atoms with Crippen LogP contribution in [0.5, 0.6) is 17.2 Å². The van der Waals surface area contributed by atoms with E-state index in [0.717, 1.165) is 5.56 Å². The molecule has 2 aromatic rings. The number of hydrogen-bond acceptors (Lipinski definition) is 6. The van der Waals surface area contributed by atoms with Crippen LogP contribution >= 0.6 is 0 Å². The number of nitrogen functional groups attached to an aromatic ring is 1. The highest BCUT2D eigenvalue weighted by molar-refractivity contribution is 5.95. The van der Waals surface area contributed by atoms with Crippen LogP contribution in [0.3, 0.4) is 0 Å². The van der Waals surface area contributed by atoms with Gasteiger partial charge in [0.15, 0.2) is 18.1 Å². The number of hydrogen-bond donors (Lipinski definition) is 3. The Hall–Kier alpha value is -3.42. The van der Waals surface area contributed by atoms with Gasteiger partial charge in [0.1, 0.15) is 0 Å². The van der Waals surface area contributed by atoms with E-state index in [2.05, 4.69) is 5.32 Å². The van der Waals surface area contributed by atoms with E-state index in [1.54, 1.807) is 0 Å². The van der Waals surface area contributed by atoms with Gasteiger partial charge in [-0.25, -0.2) is 0 Å². The zero-order valence-corrected chi connectivity index (χ0v) is 15.3. The molecule has 8 nitrogen and oxygen atoms in total. The predicted octanol–water partition coefficient (Wildman–Crippen LogP) is 1.12. The number of primary amides is 1. The Balaban J connectivity index is 2.08. The molecule has 2 amide bonds. The van der Waals surface area contributed by atoms with Crippen LogP contribution in [-0.4, -0.2) is 39.2 Å². The molecule has 0 bridgehead atoms. The van der Waals surface area contributed by atoms with Gasteiger partial charge in [0.05, 0.1) is 14.2 Å². The molecule has 0 aliphatic heterocycles. The average molecular weight is 373 g/mol. The maximum absolute atomic E-state index is 12.4. The third-order valence-electron chi connectivity index (χ3n) is 3.76. The minimum atomic E-state index is -0.636. The van der Waals surface area contributed by atoms with Crippen molar-refractivity contribution in [1.82, 2.24) is 5.32 Å². The van der Waals surface area contributed by atoms with E-state index in [9.17, 15) is 9.59 Å². The van der Waals surface area contributed by atoms with Crippen LogP contribution in [0.2, 0.25) is 0 Å². The van der Waals surface area contributed by atoms with Gasteiger partial charge in [-0.3, -0.25) is 9.59 Å². The Morgan fingerprint density at radius 2 is 1.63 bits per heavy atom. The summed E-state index contributed by atoms with van der Waals surface area (Å²) in [6.45, 7) is 0.118. The molecule has 2 aromatic carbocycles. The van der Waals surface area contributed by atoms with Gasteiger partial charge in [0.25, 0.3) is 11.8 Å². The largest absolute Gasteiger partial charge is 0.493 e. The van der Waals surface area contributed by atoms with Crippen molar-refractivity contribution in [3.05, 3.63) is 47.5 Å². The van der Waals surface area contributed by atoms with Crippen LogP contribution in [0, 0.1) is 0 Å². The summed E-state index contributed by atoms with van der Waals surface area (Å²) in [6, 6.07) is 10.5. The van der Waals surface area contributed by atoms with Crippen molar-refractivity contribution in [3.63, 3.8) is 0 Å². The number of ether oxygens (including phenoxy) is 3. The monoisotopic (exact) mass is 373 g/mol. The van der Waals surface area contributed by atoms with Crippen molar-refractivity contribution in [2.45, 2.75) is 6.42 Å². The van der Waals surface area contributed by atoms with Crippen molar-refractivity contribution < 1.29 is 23.8 Å². The van der Waals surface area contributed by atoms with Gasteiger partial charge in [-0.1, -0.05) is 12.1 Å². The van der Waals surface area contributed by atoms with Crippen LogP contribution in [0.1, 0.15) is 15.9 Å². The second-order valence-electron chi connectivity index (χ2n) is 5.71. The minimum absolute atomic E-state index is 0.206. The lowest BCUT2D eigenvalue weighted by Gasteiger charge is -2.15. The maximum atomic E-state index is 12.4. The highest BCUT2D eigenvalue weighted by Gasteiger charge is 2.18. The molecule has 8 heteroatoms. The van der Waals surface area contributed by atoms with E-state index in [0.29, 0.717) is 24.2 Å². The number of amides is 2. The van der Waals surface area contributed by atoms with E-state index >= 15 is 0 Å². The third-order valence-corrected chi connectivity index (χ3v) is 3.76. The first-order chi connectivity index (χ1) is 12.9. The smallest absolute Gasteiger partial charge is 0.255 e. The molecular formula is C19H23N3O5. The Morgan fingerprint density at radius 3 is 2.15 bits per heavy atom. The Labute approximate surface area is 157 Å². The van der Waals surface area contributed by atoms with Crippen LogP contribution in [-0.2, 0) is 11.2 Å². The summed E-state index contributed by atoms with van der Waals surface area (Å²) in [4.78, 5) is 23.4. The SMILES string of the molecule is COc1cc(C(=O)NCCc2ccc(N)cc2)cc(OC)c1OCC(N)=O. The summed E-state index contributed by atoms with van der Waals surface area (Å²) < 4.78 is 15.8. The number of nitrogens with one attached hydrogen (secondary N) is 1. The van der Waals surface area contributed by atoms with Crippen LogP contribution in [0.4, 0.5) is 5.69 Å². The number of methoxy groups -OCH3 is 2. The lowest BCUT2D eigenvalue weighted by atomic mass is 10.1. The molecule has 0 aliphatic carbocycles. The molecule has 5 N–H and O–H groups in total. The lowest BCUT2D eigenvalue weighted by molar-refractivity contribution is -0.120. The van der Waals surface area contributed by atoms with Crippen LogP contribution < -0.4 is 31.0 Å². The van der Waals surface area contributed by atoms with Gasteiger partial charge in [-0.2, -0.15) is 0 Å². The Bertz CT molecular complexity index is 780. The first kappa shape index (κ1) is 19.9. The standard InChI is InChI=1S/C19H23N3O5/c1-25-15-9-13(10-16(26-2)18(15)27-11-17(21)23)19(24)22-8-7-12-3-5-14(20)6-4-12/h3-6,9-10H,7-8,11,20H2,1-2H3,(H2,21,23)(H,22,24). The number of carbonyl (C=O) groups excluding carboxylic acids is 2. The fourth-order valence-electron chi connectivity index (χ4n) is 2.40. The summed E-state index contributed by atoms with van der Waals surface area (Å²) in [7, 11) is 2.85. The number of anilines is 1. The molecule has 27 heavy (non-hydrogen) atoms. The zero-order valence-electron chi connectivity index (χ0n) is 15.3. The van der Waals surface area contributed by atoms with Gasteiger partial charge in [0.2, 0.25) is 5.75 Å². The third kappa shape index (κ3) is 5.53. The number of nitrogens with two attached hydrogens (primary N) is 2. The fraction of sp³-hybridized carbons (Fsp3) is 0.263. The molecule has 0 heterocycles. The van der Waals surface area contributed by atoms with Crippen molar-refractivity contribution in [2.75, 3.05) is 33.1 Å². The van der Waals surface area contributed by atoms with Gasteiger partial charge < -0.3 is 31.0 Å². The lowest BCUT2D eigenvalue weighted by Crippen LogP contribution is -2.26.